The highest BCUT2D eigenvalue weighted by Crippen LogP contribution is 1.91. The van der Waals surface area contributed by atoms with Gasteiger partial charge in [0.2, 0.25) is 0 Å². The van der Waals surface area contributed by atoms with E-state index >= 15 is 0 Å². The van der Waals surface area contributed by atoms with Crippen molar-refractivity contribution in [3.63, 3.8) is 0 Å². The topological polar surface area (TPSA) is 153 Å². The van der Waals surface area contributed by atoms with Gasteiger partial charge in [-0.2, -0.15) is 0 Å². The molecule has 0 unspecified atom stereocenters. The highest BCUT2D eigenvalue weighted by molar-refractivity contribution is 5.72. The summed E-state index contributed by atoms with van der Waals surface area (Å²) in [7, 11) is 0. The predicted octanol–water partition coefficient (Wildman–Crippen LogP) is -1.83. The van der Waals surface area contributed by atoms with Gasteiger partial charge in [-0.1, -0.05) is 0 Å². The van der Waals surface area contributed by atoms with Gasteiger partial charge in [0.1, 0.15) is 6.04 Å². The Labute approximate surface area is 81.9 Å². The summed E-state index contributed by atoms with van der Waals surface area (Å²) in [6.07, 6.45) is 1.14. The van der Waals surface area contributed by atoms with E-state index in [2.05, 4.69) is 5.73 Å². The van der Waals surface area contributed by atoms with Crippen molar-refractivity contribution in [2.45, 2.75) is 18.9 Å². The standard InChI is InChI=1S/C5H12N2O2.C2H5NO2/c6-3-1-2-4(7)5(8)9;3-1-2(4)5/h4H,1-3,6-7H2,(H,8,9);1,3H2,(H,4,5)/t4-;/m0./s1. The lowest BCUT2D eigenvalue weighted by atomic mass is 10.2. The number of aliphatic carboxylic acids is 2. The van der Waals surface area contributed by atoms with Crippen molar-refractivity contribution < 1.29 is 19.8 Å². The maximum Gasteiger partial charge on any atom is 0.320 e. The molecule has 0 saturated heterocycles. The zero-order valence-electron chi connectivity index (χ0n) is 7.85. The SMILES string of the molecule is NCC(=O)O.NCCC[C@H](N)C(=O)O. The normalized spacial score (nSPS) is 11.1. The summed E-state index contributed by atoms with van der Waals surface area (Å²) in [4.78, 5) is 19.3. The predicted molar refractivity (Wildman–Crippen MR) is 50.6 cm³/mol. The molecule has 0 aliphatic rings. The Kier molecular flexibility index (Phi) is 10.8. The van der Waals surface area contributed by atoms with Crippen molar-refractivity contribution in [2.24, 2.45) is 17.2 Å². The quantitative estimate of drug-likeness (QED) is 0.355. The summed E-state index contributed by atoms with van der Waals surface area (Å²) in [5.74, 6) is -1.92. The van der Waals surface area contributed by atoms with Gasteiger partial charge >= 0.3 is 11.9 Å². The van der Waals surface area contributed by atoms with Crippen LogP contribution in [0, 0.1) is 0 Å². The van der Waals surface area contributed by atoms with Crippen LogP contribution in [0.3, 0.4) is 0 Å². The molecule has 0 aromatic heterocycles. The monoisotopic (exact) mass is 207 g/mol. The number of rotatable bonds is 5. The van der Waals surface area contributed by atoms with E-state index in [1.807, 2.05) is 0 Å². The second kappa shape index (κ2) is 9.90. The first-order valence-corrected chi connectivity index (χ1v) is 4.06. The molecule has 7 heteroatoms. The van der Waals surface area contributed by atoms with E-state index in [9.17, 15) is 9.59 Å². The molecule has 8 N–H and O–H groups in total. The smallest absolute Gasteiger partial charge is 0.320 e. The lowest BCUT2D eigenvalue weighted by molar-refractivity contribution is -0.138. The number of nitrogens with two attached hydrogens (primary N) is 3. The Hall–Kier alpha value is -1.18. The Morgan fingerprint density at radius 2 is 1.64 bits per heavy atom. The maximum absolute atomic E-state index is 10.0. The molecule has 0 saturated carbocycles. The molecule has 0 aromatic carbocycles. The van der Waals surface area contributed by atoms with Crippen LogP contribution in [0.25, 0.3) is 0 Å². The van der Waals surface area contributed by atoms with Crippen LogP contribution in [0.5, 0.6) is 0 Å². The Balaban J connectivity index is 0. The fraction of sp³-hybridized carbons (Fsp3) is 0.714. The van der Waals surface area contributed by atoms with Gasteiger partial charge in [-0.15, -0.1) is 0 Å². The number of carboxylic acid groups (broad SMARTS) is 2. The number of carbonyl (C=O) groups is 2. The minimum Gasteiger partial charge on any atom is -0.480 e. The zero-order chi connectivity index (χ0) is 11.6. The van der Waals surface area contributed by atoms with Gasteiger partial charge in [0.15, 0.2) is 0 Å². The van der Waals surface area contributed by atoms with Crippen molar-refractivity contribution in [3.8, 4) is 0 Å². The second-order valence-electron chi connectivity index (χ2n) is 2.47. The largest absolute Gasteiger partial charge is 0.480 e. The van der Waals surface area contributed by atoms with E-state index in [4.69, 9.17) is 21.7 Å². The van der Waals surface area contributed by atoms with Crippen LogP contribution in [-0.4, -0.2) is 41.3 Å². The van der Waals surface area contributed by atoms with Crippen LogP contribution in [0.2, 0.25) is 0 Å². The van der Waals surface area contributed by atoms with Gasteiger partial charge < -0.3 is 27.4 Å². The highest BCUT2D eigenvalue weighted by Gasteiger charge is 2.08. The first-order valence-electron chi connectivity index (χ1n) is 4.06. The van der Waals surface area contributed by atoms with Gasteiger partial charge in [-0.25, -0.2) is 0 Å². The van der Waals surface area contributed by atoms with E-state index < -0.39 is 18.0 Å². The lowest BCUT2D eigenvalue weighted by Crippen LogP contribution is -2.30. The van der Waals surface area contributed by atoms with Gasteiger partial charge in [0.25, 0.3) is 0 Å². The second-order valence-corrected chi connectivity index (χ2v) is 2.47. The summed E-state index contributed by atoms with van der Waals surface area (Å²) in [6.45, 7) is 0.223. The summed E-state index contributed by atoms with van der Waals surface area (Å²) in [5, 5.41) is 15.8. The van der Waals surface area contributed by atoms with Crippen LogP contribution in [0.1, 0.15) is 12.8 Å². The lowest BCUT2D eigenvalue weighted by Gasteiger charge is -2.02. The van der Waals surface area contributed by atoms with E-state index in [-0.39, 0.29) is 6.54 Å². The van der Waals surface area contributed by atoms with Crippen LogP contribution in [0.4, 0.5) is 0 Å². The molecule has 0 amide bonds. The number of hydrogen-bond donors (Lipinski definition) is 5. The van der Waals surface area contributed by atoms with Crippen LogP contribution in [-0.2, 0) is 9.59 Å². The molecule has 0 heterocycles. The Morgan fingerprint density at radius 3 is 1.86 bits per heavy atom. The molecule has 0 aliphatic carbocycles. The Morgan fingerprint density at radius 1 is 1.21 bits per heavy atom. The van der Waals surface area contributed by atoms with Gasteiger partial charge in [0.05, 0.1) is 6.54 Å². The third kappa shape index (κ3) is 13.4. The molecule has 0 aromatic rings. The molecule has 0 spiro atoms. The summed E-state index contributed by atoms with van der Waals surface area (Å²) in [6, 6.07) is -0.742. The van der Waals surface area contributed by atoms with Crippen molar-refractivity contribution in [2.75, 3.05) is 13.1 Å². The fourth-order valence-corrected chi connectivity index (χ4v) is 0.461. The van der Waals surface area contributed by atoms with Gasteiger partial charge in [-0.3, -0.25) is 9.59 Å². The van der Waals surface area contributed by atoms with Crippen LogP contribution >= 0.6 is 0 Å². The van der Waals surface area contributed by atoms with E-state index in [1.54, 1.807) is 0 Å². The van der Waals surface area contributed by atoms with Crippen molar-refractivity contribution in [3.05, 3.63) is 0 Å². The van der Waals surface area contributed by atoms with Crippen molar-refractivity contribution >= 4 is 11.9 Å². The van der Waals surface area contributed by atoms with E-state index in [0.29, 0.717) is 19.4 Å². The molecule has 84 valence electrons. The molecule has 0 rings (SSSR count). The summed E-state index contributed by atoms with van der Waals surface area (Å²) < 4.78 is 0. The fourth-order valence-electron chi connectivity index (χ4n) is 0.461. The van der Waals surface area contributed by atoms with Crippen LogP contribution < -0.4 is 17.2 Å². The number of hydrogen-bond acceptors (Lipinski definition) is 5. The first-order chi connectivity index (χ1) is 6.45. The molecule has 0 fully saturated rings. The molecule has 7 nitrogen and oxygen atoms in total. The highest BCUT2D eigenvalue weighted by atomic mass is 16.4. The third-order valence-electron chi connectivity index (χ3n) is 1.21. The average Bonchev–Trinajstić information content (AvgIpc) is 2.14. The van der Waals surface area contributed by atoms with Crippen LogP contribution in [0.15, 0.2) is 0 Å². The first kappa shape index (κ1) is 15.3. The van der Waals surface area contributed by atoms with Crippen molar-refractivity contribution in [1.82, 2.24) is 0 Å². The molecular weight excluding hydrogens is 190 g/mol. The number of carboxylic acids is 2. The summed E-state index contributed by atoms with van der Waals surface area (Å²) >= 11 is 0. The third-order valence-corrected chi connectivity index (χ3v) is 1.21. The molecule has 1 atom stereocenters. The molecule has 14 heavy (non-hydrogen) atoms. The van der Waals surface area contributed by atoms with E-state index in [1.165, 1.54) is 0 Å². The molecule has 0 bridgehead atoms. The minimum absolute atomic E-state index is 0.278. The minimum atomic E-state index is -0.968. The van der Waals surface area contributed by atoms with Gasteiger partial charge in [-0.05, 0) is 19.4 Å². The van der Waals surface area contributed by atoms with Gasteiger partial charge in [0, 0.05) is 0 Å². The summed E-state index contributed by atoms with van der Waals surface area (Å²) in [5.41, 5.74) is 14.8. The zero-order valence-corrected chi connectivity index (χ0v) is 7.85. The molecular formula is C7H17N3O4. The maximum atomic E-state index is 10.0. The average molecular weight is 207 g/mol. The van der Waals surface area contributed by atoms with Crippen molar-refractivity contribution in [1.29, 1.82) is 0 Å². The Bertz CT molecular complexity index is 174. The molecule has 0 radical (unpaired) electrons. The molecule has 0 aliphatic heterocycles. The van der Waals surface area contributed by atoms with E-state index in [0.717, 1.165) is 0 Å².